The lowest BCUT2D eigenvalue weighted by atomic mass is 9.93. The van der Waals surface area contributed by atoms with Crippen molar-refractivity contribution in [2.45, 2.75) is 0 Å². The first kappa shape index (κ1) is 36.4. The zero-order chi connectivity index (χ0) is 41.7. The van der Waals surface area contributed by atoms with Crippen LogP contribution in [0.5, 0.6) is 0 Å². The zero-order valence-corrected chi connectivity index (χ0v) is 34.2. The standard InChI is InChI=1S/C59H38N4/c1-4-17-39(18-5-1)47-28-16-29-51-50-27-14-15-30-55(50)63(56(47)51)45-35-36-52(54(38-45)40-19-6-2-7-20-40)59-61-57(42-21-8-3-9-22-42)60-58(62-59)43-33-31-41(32-34-43)53-37-44-23-10-11-24-46(44)48-25-12-13-26-49(48)53/h1-38H. The van der Waals surface area contributed by atoms with Crippen molar-refractivity contribution < 1.29 is 0 Å². The zero-order valence-electron chi connectivity index (χ0n) is 34.2. The van der Waals surface area contributed by atoms with Crippen molar-refractivity contribution in [2.24, 2.45) is 0 Å². The fraction of sp³-hybridized carbons (Fsp3) is 0. The molecule has 0 saturated heterocycles. The normalized spacial score (nSPS) is 11.5. The largest absolute Gasteiger partial charge is 0.309 e. The lowest BCUT2D eigenvalue weighted by Gasteiger charge is -2.16. The summed E-state index contributed by atoms with van der Waals surface area (Å²) >= 11 is 0. The highest BCUT2D eigenvalue weighted by atomic mass is 15.0. The van der Waals surface area contributed by atoms with Gasteiger partial charge in [0.15, 0.2) is 17.5 Å². The van der Waals surface area contributed by atoms with E-state index in [1.165, 1.54) is 54.5 Å². The van der Waals surface area contributed by atoms with E-state index in [0.29, 0.717) is 17.5 Å². The van der Waals surface area contributed by atoms with E-state index in [0.717, 1.165) is 44.6 Å². The summed E-state index contributed by atoms with van der Waals surface area (Å²) < 4.78 is 2.41. The van der Waals surface area contributed by atoms with Gasteiger partial charge in [-0.1, -0.05) is 200 Å². The molecule has 12 rings (SSSR count). The summed E-state index contributed by atoms with van der Waals surface area (Å²) in [7, 11) is 0. The number of fused-ring (bicyclic) bond motifs is 6. The number of hydrogen-bond donors (Lipinski definition) is 0. The Morgan fingerprint density at radius 2 is 0.778 bits per heavy atom. The highest BCUT2D eigenvalue weighted by molar-refractivity contribution is 6.15. The van der Waals surface area contributed by atoms with Crippen LogP contribution in [0.15, 0.2) is 231 Å². The molecule has 12 aromatic rings. The second-order valence-electron chi connectivity index (χ2n) is 16.0. The van der Waals surface area contributed by atoms with E-state index in [9.17, 15) is 0 Å². The van der Waals surface area contributed by atoms with Crippen LogP contribution in [0.4, 0.5) is 0 Å². The maximum Gasteiger partial charge on any atom is 0.164 e. The van der Waals surface area contributed by atoms with Gasteiger partial charge >= 0.3 is 0 Å². The molecule has 2 aromatic heterocycles. The summed E-state index contributed by atoms with van der Waals surface area (Å²) in [6, 6.07) is 81.7. The topological polar surface area (TPSA) is 43.6 Å². The first-order chi connectivity index (χ1) is 31.2. The molecule has 10 aromatic carbocycles. The predicted molar refractivity (Wildman–Crippen MR) is 262 cm³/mol. The molecule has 0 radical (unpaired) electrons. The molecule has 0 saturated carbocycles. The number of rotatable bonds is 7. The predicted octanol–water partition coefficient (Wildman–Crippen LogP) is 15.3. The summed E-state index contributed by atoms with van der Waals surface area (Å²) in [5, 5.41) is 7.39. The monoisotopic (exact) mass is 802 g/mol. The smallest absolute Gasteiger partial charge is 0.164 e. The third-order valence-corrected chi connectivity index (χ3v) is 12.3. The van der Waals surface area contributed by atoms with Crippen molar-refractivity contribution in [3.8, 4) is 73.2 Å². The van der Waals surface area contributed by atoms with Gasteiger partial charge in [-0.15, -0.1) is 0 Å². The Hall–Kier alpha value is -8.47. The number of aromatic nitrogens is 4. The van der Waals surface area contributed by atoms with Gasteiger partial charge in [0.05, 0.1) is 11.0 Å². The van der Waals surface area contributed by atoms with Gasteiger partial charge in [-0.05, 0) is 79.7 Å². The van der Waals surface area contributed by atoms with Crippen LogP contribution in [0.1, 0.15) is 0 Å². The number of nitrogens with zero attached hydrogens (tertiary/aromatic N) is 4. The van der Waals surface area contributed by atoms with Gasteiger partial charge < -0.3 is 4.57 Å². The molecule has 4 nitrogen and oxygen atoms in total. The molecule has 4 heteroatoms. The molecule has 0 bridgehead atoms. The van der Waals surface area contributed by atoms with Crippen molar-refractivity contribution in [3.05, 3.63) is 231 Å². The molecule has 0 aliphatic rings. The molecule has 0 unspecified atom stereocenters. The first-order valence-electron chi connectivity index (χ1n) is 21.4. The van der Waals surface area contributed by atoms with Crippen molar-refractivity contribution in [1.82, 2.24) is 19.5 Å². The highest BCUT2D eigenvalue weighted by Gasteiger charge is 2.21. The minimum Gasteiger partial charge on any atom is -0.309 e. The lowest BCUT2D eigenvalue weighted by molar-refractivity contribution is 1.07. The van der Waals surface area contributed by atoms with Gasteiger partial charge in [-0.3, -0.25) is 0 Å². The van der Waals surface area contributed by atoms with Gasteiger partial charge in [0.25, 0.3) is 0 Å². The van der Waals surface area contributed by atoms with Crippen LogP contribution in [0.2, 0.25) is 0 Å². The van der Waals surface area contributed by atoms with E-state index in [1.807, 2.05) is 18.2 Å². The van der Waals surface area contributed by atoms with Gasteiger partial charge in [-0.25, -0.2) is 15.0 Å². The van der Waals surface area contributed by atoms with Crippen LogP contribution in [0, 0.1) is 0 Å². The summed E-state index contributed by atoms with van der Waals surface area (Å²) in [5.41, 5.74) is 13.0. The molecule has 294 valence electrons. The maximum atomic E-state index is 5.30. The first-order valence-corrected chi connectivity index (χ1v) is 21.4. The quantitative estimate of drug-likeness (QED) is 0.151. The summed E-state index contributed by atoms with van der Waals surface area (Å²) in [5.74, 6) is 1.85. The molecule has 0 N–H and O–H groups in total. The van der Waals surface area contributed by atoms with E-state index >= 15 is 0 Å². The van der Waals surface area contributed by atoms with Crippen molar-refractivity contribution in [2.75, 3.05) is 0 Å². The Balaban J connectivity index is 1.04. The van der Waals surface area contributed by atoms with E-state index < -0.39 is 0 Å². The fourth-order valence-corrected chi connectivity index (χ4v) is 9.29. The Morgan fingerprint density at radius 3 is 1.49 bits per heavy atom. The van der Waals surface area contributed by atoms with Gasteiger partial charge in [0.1, 0.15) is 0 Å². The lowest BCUT2D eigenvalue weighted by Crippen LogP contribution is -2.02. The van der Waals surface area contributed by atoms with Gasteiger partial charge in [0, 0.05) is 38.7 Å². The second kappa shape index (κ2) is 15.2. The summed E-state index contributed by atoms with van der Waals surface area (Å²) in [4.78, 5) is 15.7. The van der Waals surface area contributed by atoms with Crippen molar-refractivity contribution in [1.29, 1.82) is 0 Å². The third-order valence-electron chi connectivity index (χ3n) is 12.3. The SMILES string of the molecule is c1ccc(-c2nc(-c3ccc(-c4cc5ccccc5c5ccccc45)cc3)nc(-c3ccc(-n4c5ccccc5c5cccc(-c6ccccc6)c54)cc3-c3ccccc3)n2)cc1. The van der Waals surface area contributed by atoms with Gasteiger partial charge in [-0.2, -0.15) is 0 Å². The minimum absolute atomic E-state index is 0.612. The number of hydrogen-bond acceptors (Lipinski definition) is 3. The number of benzene rings is 10. The van der Waals surface area contributed by atoms with Crippen LogP contribution in [-0.2, 0) is 0 Å². The summed E-state index contributed by atoms with van der Waals surface area (Å²) in [6.45, 7) is 0. The molecule has 63 heavy (non-hydrogen) atoms. The van der Waals surface area contributed by atoms with Crippen LogP contribution < -0.4 is 0 Å². The van der Waals surface area contributed by atoms with E-state index in [2.05, 4.69) is 217 Å². The van der Waals surface area contributed by atoms with Crippen molar-refractivity contribution in [3.63, 3.8) is 0 Å². The summed E-state index contributed by atoms with van der Waals surface area (Å²) in [6.07, 6.45) is 0. The Bertz CT molecular complexity index is 3650. The fourth-order valence-electron chi connectivity index (χ4n) is 9.29. The van der Waals surface area contributed by atoms with Crippen LogP contribution in [0.3, 0.4) is 0 Å². The molecule has 0 fully saturated rings. The average Bonchev–Trinajstić information content (AvgIpc) is 3.71. The van der Waals surface area contributed by atoms with E-state index in [1.54, 1.807) is 0 Å². The Morgan fingerprint density at radius 1 is 0.270 bits per heavy atom. The minimum atomic E-state index is 0.612. The third kappa shape index (κ3) is 6.36. The molecule has 0 atom stereocenters. The molecular formula is C59H38N4. The van der Waals surface area contributed by atoms with Crippen LogP contribution >= 0.6 is 0 Å². The van der Waals surface area contributed by atoms with Crippen LogP contribution in [0.25, 0.3) is 117 Å². The molecule has 0 spiro atoms. The Labute approximate surface area is 365 Å². The Kier molecular flexibility index (Phi) is 8.79. The second-order valence-corrected chi connectivity index (χ2v) is 16.0. The molecule has 0 aliphatic heterocycles. The molecular weight excluding hydrogens is 765 g/mol. The molecule has 2 heterocycles. The molecule has 0 aliphatic carbocycles. The van der Waals surface area contributed by atoms with E-state index in [4.69, 9.17) is 15.0 Å². The molecule has 0 amide bonds. The maximum absolute atomic E-state index is 5.30. The highest BCUT2D eigenvalue weighted by Crippen LogP contribution is 2.41. The van der Waals surface area contributed by atoms with E-state index in [-0.39, 0.29) is 0 Å². The number of para-hydroxylation sites is 2. The van der Waals surface area contributed by atoms with Gasteiger partial charge in [0.2, 0.25) is 0 Å². The average molecular weight is 803 g/mol. The van der Waals surface area contributed by atoms with Crippen LogP contribution in [-0.4, -0.2) is 19.5 Å². The van der Waals surface area contributed by atoms with Crippen molar-refractivity contribution >= 4 is 43.4 Å².